The molecule has 2 aliphatic heterocycles. The summed E-state index contributed by atoms with van der Waals surface area (Å²) in [7, 11) is -4.11. The van der Waals surface area contributed by atoms with E-state index in [4.69, 9.17) is 27.9 Å². The number of aliphatic carboxylic acids is 1. The van der Waals surface area contributed by atoms with Crippen LogP contribution < -0.4 is 10.1 Å². The van der Waals surface area contributed by atoms with Crippen molar-refractivity contribution in [3.8, 4) is 5.75 Å². The van der Waals surface area contributed by atoms with Crippen molar-refractivity contribution >= 4 is 51.1 Å². The Kier molecular flexibility index (Phi) is 10.1. The number of carbonyl (C=O) groups is 3. The maximum Gasteiger partial charge on any atom is 0.326 e. The van der Waals surface area contributed by atoms with Gasteiger partial charge in [-0.15, -0.1) is 0 Å². The third kappa shape index (κ3) is 7.73. The number of piperidine rings is 1. The summed E-state index contributed by atoms with van der Waals surface area (Å²) in [5, 5.41) is 12.5. The first-order valence-electron chi connectivity index (χ1n) is 13.1. The SMILES string of the molecule is O=C(CN1CCCCC1)Oc1ccc(C[C@H](NC(=O)[C@@H]2CCCN2S(=O)(=O)c2cc(Cl)cc(Cl)c2)C(=O)O)cc1. The Morgan fingerprint density at radius 2 is 1.62 bits per heavy atom. The van der Waals surface area contributed by atoms with E-state index in [0.29, 0.717) is 17.7 Å². The lowest BCUT2D eigenvalue weighted by Crippen LogP contribution is -2.51. The quantitative estimate of drug-likeness (QED) is 0.309. The van der Waals surface area contributed by atoms with Crippen LogP contribution in [-0.2, 0) is 30.8 Å². The summed E-state index contributed by atoms with van der Waals surface area (Å²) in [5.41, 5.74) is 0.591. The smallest absolute Gasteiger partial charge is 0.326 e. The molecule has 0 aliphatic carbocycles. The molecule has 2 aliphatic rings. The largest absolute Gasteiger partial charge is 0.480 e. The number of nitrogens with zero attached hydrogens (tertiary/aromatic N) is 2. The van der Waals surface area contributed by atoms with Crippen LogP contribution in [0.15, 0.2) is 47.4 Å². The van der Waals surface area contributed by atoms with Crippen molar-refractivity contribution in [2.24, 2.45) is 0 Å². The summed E-state index contributed by atoms with van der Waals surface area (Å²) in [6, 6.07) is 7.94. The summed E-state index contributed by atoms with van der Waals surface area (Å²) in [5.74, 6) is -1.99. The Morgan fingerprint density at radius 1 is 0.975 bits per heavy atom. The van der Waals surface area contributed by atoms with Crippen molar-refractivity contribution < 1.29 is 32.6 Å². The van der Waals surface area contributed by atoms with Gasteiger partial charge in [0.15, 0.2) is 0 Å². The molecule has 2 saturated heterocycles. The van der Waals surface area contributed by atoms with Crippen LogP contribution in [0.25, 0.3) is 0 Å². The van der Waals surface area contributed by atoms with E-state index in [1.54, 1.807) is 24.3 Å². The molecule has 2 aromatic carbocycles. The van der Waals surface area contributed by atoms with Crippen LogP contribution in [0.3, 0.4) is 0 Å². The van der Waals surface area contributed by atoms with E-state index in [-0.39, 0.29) is 46.8 Å². The van der Waals surface area contributed by atoms with Crippen molar-refractivity contribution in [2.45, 2.75) is 55.5 Å². The van der Waals surface area contributed by atoms with Gasteiger partial charge in [-0.25, -0.2) is 13.2 Å². The van der Waals surface area contributed by atoms with Crippen molar-refractivity contribution in [1.82, 2.24) is 14.5 Å². The number of esters is 1. The minimum atomic E-state index is -4.11. The molecule has 10 nitrogen and oxygen atoms in total. The van der Waals surface area contributed by atoms with E-state index >= 15 is 0 Å². The second kappa shape index (κ2) is 13.3. The highest BCUT2D eigenvalue weighted by atomic mass is 35.5. The molecule has 1 amide bonds. The minimum Gasteiger partial charge on any atom is -0.480 e. The first kappa shape index (κ1) is 30.3. The molecular formula is C27H31Cl2N3O7S. The maximum absolute atomic E-state index is 13.3. The molecule has 4 rings (SSSR count). The summed E-state index contributed by atoms with van der Waals surface area (Å²) < 4.78 is 33.0. The van der Waals surface area contributed by atoms with Crippen molar-refractivity contribution in [1.29, 1.82) is 0 Å². The number of rotatable bonds is 10. The molecule has 2 fully saturated rings. The van der Waals surface area contributed by atoms with Crippen LogP contribution in [0, 0.1) is 0 Å². The molecule has 13 heteroatoms. The summed E-state index contributed by atoms with van der Waals surface area (Å²) >= 11 is 12.0. The molecular weight excluding hydrogens is 581 g/mol. The minimum absolute atomic E-state index is 0.0492. The summed E-state index contributed by atoms with van der Waals surface area (Å²) in [6.45, 7) is 2.05. The molecule has 0 saturated carbocycles. The van der Waals surface area contributed by atoms with Gasteiger partial charge < -0.3 is 15.2 Å². The molecule has 2 heterocycles. The molecule has 0 spiro atoms. The molecule has 40 heavy (non-hydrogen) atoms. The van der Waals surface area contributed by atoms with Gasteiger partial charge in [0.05, 0.1) is 11.4 Å². The Bertz CT molecular complexity index is 1330. The fraction of sp³-hybridized carbons (Fsp3) is 0.444. The lowest BCUT2D eigenvalue weighted by Gasteiger charge is -2.25. The van der Waals surface area contributed by atoms with Gasteiger partial charge >= 0.3 is 11.9 Å². The van der Waals surface area contributed by atoms with Crippen LogP contribution in [0.5, 0.6) is 5.75 Å². The number of carbonyl (C=O) groups excluding carboxylic acids is 2. The van der Waals surface area contributed by atoms with Gasteiger partial charge in [0.2, 0.25) is 15.9 Å². The van der Waals surface area contributed by atoms with Gasteiger partial charge in [0, 0.05) is 23.0 Å². The zero-order chi connectivity index (χ0) is 28.9. The number of likely N-dealkylation sites (tertiary alicyclic amines) is 1. The predicted octanol–water partition coefficient (Wildman–Crippen LogP) is 3.35. The van der Waals surface area contributed by atoms with Gasteiger partial charge in [-0.1, -0.05) is 41.8 Å². The Balaban J connectivity index is 1.37. The third-order valence-electron chi connectivity index (χ3n) is 6.96. The standard InChI is InChI=1S/C27H31Cl2N3O7S/c28-19-14-20(29)16-22(15-19)40(37,38)32-12-4-5-24(32)26(34)30-23(27(35)36)13-18-6-8-21(9-7-18)39-25(33)17-31-10-2-1-3-11-31/h6-9,14-16,23-24H,1-5,10-13,17H2,(H,30,34)(H,35,36)/t23-,24-/m0/s1. The van der Waals surface area contributed by atoms with Gasteiger partial charge in [0.1, 0.15) is 17.8 Å². The molecule has 0 radical (unpaired) electrons. The molecule has 2 atom stereocenters. The van der Waals surface area contributed by atoms with Crippen LogP contribution in [0.4, 0.5) is 0 Å². The van der Waals surface area contributed by atoms with Crippen LogP contribution in [0.2, 0.25) is 10.0 Å². The second-order valence-electron chi connectivity index (χ2n) is 9.94. The van der Waals surface area contributed by atoms with Gasteiger partial charge in [0.25, 0.3) is 0 Å². The number of ether oxygens (including phenoxy) is 1. The van der Waals surface area contributed by atoms with E-state index in [9.17, 15) is 27.9 Å². The number of hydrogen-bond acceptors (Lipinski definition) is 7. The fourth-order valence-corrected chi connectivity index (χ4v) is 7.35. The van der Waals surface area contributed by atoms with E-state index in [2.05, 4.69) is 10.2 Å². The third-order valence-corrected chi connectivity index (χ3v) is 9.28. The van der Waals surface area contributed by atoms with Crippen molar-refractivity contribution in [3.63, 3.8) is 0 Å². The molecule has 2 N–H and O–H groups in total. The Labute approximate surface area is 243 Å². The second-order valence-corrected chi connectivity index (χ2v) is 12.7. The average molecular weight is 613 g/mol. The van der Waals surface area contributed by atoms with E-state index < -0.39 is 34.0 Å². The zero-order valence-corrected chi connectivity index (χ0v) is 24.1. The summed E-state index contributed by atoms with van der Waals surface area (Å²) in [6.07, 6.45) is 3.92. The van der Waals surface area contributed by atoms with Crippen LogP contribution in [0.1, 0.15) is 37.7 Å². The van der Waals surface area contributed by atoms with E-state index in [1.807, 2.05) is 0 Å². The number of benzene rings is 2. The monoisotopic (exact) mass is 611 g/mol. The normalized spacial score (nSPS) is 19.2. The van der Waals surface area contributed by atoms with Gasteiger partial charge in [-0.05, 0) is 74.7 Å². The number of sulfonamides is 1. The number of halogens is 2. The highest BCUT2D eigenvalue weighted by Crippen LogP contribution is 2.30. The molecule has 216 valence electrons. The fourth-order valence-electron chi connectivity index (χ4n) is 4.96. The maximum atomic E-state index is 13.3. The molecule has 0 bridgehead atoms. The lowest BCUT2D eigenvalue weighted by atomic mass is 10.1. The Hall–Kier alpha value is -2.70. The Morgan fingerprint density at radius 3 is 2.25 bits per heavy atom. The summed E-state index contributed by atoms with van der Waals surface area (Å²) in [4.78, 5) is 39.3. The highest BCUT2D eigenvalue weighted by molar-refractivity contribution is 7.89. The van der Waals surface area contributed by atoms with Crippen LogP contribution >= 0.6 is 23.2 Å². The molecule has 0 aromatic heterocycles. The number of amides is 1. The lowest BCUT2D eigenvalue weighted by molar-refractivity contribution is -0.142. The highest BCUT2D eigenvalue weighted by Gasteiger charge is 2.40. The van der Waals surface area contributed by atoms with Gasteiger partial charge in [-0.2, -0.15) is 4.31 Å². The van der Waals surface area contributed by atoms with Gasteiger partial charge in [-0.3, -0.25) is 14.5 Å². The number of carboxylic acid groups (broad SMARTS) is 1. The first-order chi connectivity index (χ1) is 19.0. The topological polar surface area (TPSA) is 133 Å². The number of nitrogens with one attached hydrogen (secondary N) is 1. The van der Waals surface area contributed by atoms with Crippen molar-refractivity contribution in [3.05, 3.63) is 58.1 Å². The average Bonchev–Trinajstić information content (AvgIpc) is 3.40. The van der Waals surface area contributed by atoms with Crippen molar-refractivity contribution in [2.75, 3.05) is 26.2 Å². The van der Waals surface area contributed by atoms with Crippen LogP contribution in [-0.4, -0.2) is 78.8 Å². The molecule has 0 unspecified atom stereocenters. The van der Waals surface area contributed by atoms with E-state index in [0.717, 1.165) is 30.2 Å². The van der Waals surface area contributed by atoms with E-state index in [1.165, 1.54) is 24.6 Å². The zero-order valence-electron chi connectivity index (χ0n) is 21.7. The predicted molar refractivity (Wildman–Crippen MR) is 149 cm³/mol. The number of carboxylic acids is 1. The molecule has 2 aromatic rings. The number of hydrogen-bond donors (Lipinski definition) is 2. The first-order valence-corrected chi connectivity index (χ1v) is 15.3.